The molecule has 0 amide bonds. The van der Waals surface area contributed by atoms with Crippen molar-refractivity contribution in [2.45, 2.75) is 308 Å². The summed E-state index contributed by atoms with van der Waals surface area (Å²) in [6, 6.07) is 72.5. The molecule has 85 heavy (non-hydrogen) atoms. The minimum absolute atomic E-state index is 0.535. The lowest BCUT2D eigenvalue weighted by molar-refractivity contribution is 0.448. The van der Waals surface area contributed by atoms with Crippen LogP contribution >= 0.6 is 15.5 Å². The molecular weight excluding hydrogens is 1130 g/mol. The van der Waals surface area contributed by atoms with Crippen molar-refractivity contribution in [3.8, 4) is 0 Å². The van der Waals surface area contributed by atoms with Crippen molar-refractivity contribution in [2.75, 3.05) is 0 Å². The van der Waals surface area contributed by atoms with Crippen molar-refractivity contribution in [1.82, 2.24) is 4.86 Å². The highest BCUT2D eigenvalue weighted by Crippen LogP contribution is 2.66. The van der Waals surface area contributed by atoms with Gasteiger partial charge in [-0.1, -0.05) is 395 Å². The Morgan fingerprint density at radius 3 is 0.953 bits per heavy atom. The largest absolute Gasteiger partial charge is 0.154 e. The molecule has 1 fully saturated rings. The fraction of sp³-hybridized carbons (Fsp3) is 0.615. The third kappa shape index (κ3) is 18.3. The molecule has 1 N–H and O–H groups in total. The summed E-state index contributed by atoms with van der Waals surface area (Å²) in [5, 5.41) is 13.7. The van der Waals surface area contributed by atoms with Crippen LogP contribution in [0.3, 0.4) is 0 Å². The first-order valence-electron chi connectivity index (χ1n) is 36.4. The summed E-state index contributed by atoms with van der Waals surface area (Å²) >= 11 is 0. The van der Waals surface area contributed by atoms with Crippen molar-refractivity contribution in [3.05, 3.63) is 133 Å². The van der Waals surface area contributed by atoms with E-state index in [4.69, 9.17) is 4.86 Å². The van der Waals surface area contributed by atoms with Crippen molar-refractivity contribution < 1.29 is 0 Å². The molecule has 0 heterocycles. The second-order valence-corrected chi connectivity index (χ2v) is 51.8. The maximum atomic E-state index is 5.36. The van der Waals surface area contributed by atoms with E-state index < -0.39 is 47.8 Å². The van der Waals surface area contributed by atoms with E-state index in [1.807, 2.05) is 0 Å². The van der Waals surface area contributed by atoms with Gasteiger partial charge in [0, 0.05) is 0 Å². The first-order chi connectivity index (χ1) is 41.5. The van der Waals surface area contributed by atoms with E-state index >= 15 is 0 Å². The Morgan fingerprint density at radius 2 is 0.635 bits per heavy atom. The fourth-order valence-corrected chi connectivity index (χ4v) is 48.1. The molecular formula is C78H128NP2Si4+. The van der Waals surface area contributed by atoms with Crippen LogP contribution in [0, 0.1) is 0 Å². The van der Waals surface area contributed by atoms with E-state index in [9.17, 15) is 0 Å². The molecule has 0 bridgehead atoms. The molecule has 0 saturated heterocycles. The predicted octanol–water partition coefficient (Wildman–Crippen LogP) is 21.8. The standard InChI is InChI=1S/C78H128NP2Si4/c1-13-25-58-84(59-26-14-2,60-27-15-3)75-44-34-40-70(64-75)80(71-41-35-45-76(65-71)85(61-28-16-4,62-29-17-5)63-30-18-6)79-81(72-50-48-69(49-51-72)68-38-32-31-33-39-68,73-42-36-46-77(66-73)82(52-19-7,53-20-8)54-21-9)74-43-37-47-78(67-74)83(55-22-10,56-23-11)57-24-12/h31-47,64-67,69,72,79H,13-30,48-63H2,1-12H3/q+1. The van der Waals surface area contributed by atoms with Gasteiger partial charge in [-0.05, 0) is 72.0 Å². The van der Waals surface area contributed by atoms with Gasteiger partial charge in [-0.15, -0.1) is 0 Å². The summed E-state index contributed by atoms with van der Waals surface area (Å²) in [6.07, 6.45) is 28.8. The summed E-state index contributed by atoms with van der Waals surface area (Å²) in [5.74, 6) is 0.615. The van der Waals surface area contributed by atoms with Gasteiger partial charge in [-0.25, -0.2) is 0 Å². The average Bonchev–Trinajstić information content (AvgIpc) is 2.25. The van der Waals surface area contributed by atoms with Crippen molar-refractivity contribution in [3.63, 3.8) is 0 Å². The lowest BCUT2D eigenvalue weighted by atomic mass is 9.84. The molecule has 1 aliphatic rings. The maximum absolute atomic E-state index is 5.36. The second-order valence-electron chi connectivity index (χ2n) is 27.5. The molecule has 0 radical (unpaired) electrons. The Morgan fingerprint density at radius 1 is 0.329 bits per heavy atom. The molecule has 0 aliphatic heterocycles. The molecule has 7 heteroatoms. The van der Waals surface area contributed by atoms with Crippen LogP contribution in [-0.4, -0.2) is 38.0 Å². The van der Waals surface area contributed by atoms with E-state index in [0.717, 1.165) is 0 Å². The molecule has 470 valence electrons. The summed E-state index contributed by atoms with van der Waals surface area (Å²) < 4.78 is 0. The zero-order valence-corrected chi connectivity index (χ0v) is 63.0. The lowest BCUT2D eigenvalue weighted by Gasteiger charge is -2.42. The predicted molar refractivity (Wildman–Crippen MR) is 403 cm³/mol. The Bertz CT molecular complexity index is 2400. The quantitative estimate of drug-likeness (QED) is 0.0303. The van der Waals surface area contributed by atoms with Crippen LogP contribution in [0.15, 0.2) is 127 Å². The molecule has 0 atom stereocenters. The molecule has 1 saturated carbocycles. The van der Waals surface area contributed by atoms with Crippen LogP contribution in [0.1, 0.15) is 236 Å². The second kappa shape index (κ2) is 37.2. The number of nitrogens with one attached hydrogen (secondary N) is 1. The van der Waals surface area contributed by atoms with Gasteiger partial charge in [0.05, 0.1) is 46.0 Å². The summed E-state index contributed by atoms with van der Waals surface area (Å²) in [6.45, 7) is 29.7. The highest BCUT2D eigenvalue weighted by molar-refractivity contribution is 7.96. The van der Waals surface area contributed by atoms with E-state index in [-0.39, 0.29) is 0 Å². The number of unbranched alkanes of at least 4 members (excludes halogenated alkanes) is 6. The number of hydrogen-bond acceptors (Lipinski definition) is 1. The van der Waals surface area contributed by atoms with Gasteiger partial charge in [0.2, 0.25) is 0 Å². The first kappa shape index (κ1) is 71.9. The van der Waals surface area contributed by atoms with Gasteiger partial charge in [-0.2, -0.15) is 4.86 Å². The highest BCUT2D eigenvalue weighted by atomic mass is 31.2. The zero-order valence-electron chi connectivity index (χ0n) is 57.2. The topological polar surface area (TPSA) is 12.0 Å². The molecule has 1 nitrogen and oxygen atoms in total. The first-order valence-corrected chi connectivity index (χ1v) is 50.1. The highest BCUT2D eigenvalue weighted by Gasteiger charge is 2.55. The van der Waals surface area contributed by atoms with Gasteiger partial charge in [0.15, 0.2) is 7.41 Å². The van der Waals surface area contributed by atoms with E-state index in [2.05, 4.69) is 210 Å². The van der Waals surface area contributed by atoms with Crippen LogP contribution in [0.25, 0.3) is 0 Å². The Balaban J connectivity index is 1.82. The minimum atomic E-state index is -2.46. The van der Waals surface area contributed by atoms with Gasteiger partial charge >= 0.3 is 0 Å². The van der Waals surface area contributed by atoms with Gasteiger partial charge in [0.25, 0.3) is 0 Å². The Kier molecular flexibility index (Phi) is 31.4. The summed E-state index contributed by atoms with van der Waals surface area (Å²) in [5.41, 5.74) is 2.10. The Hall–Kier alpha value is -2.21. The maximum Gasteiger partial charge on any atom is 0.153 e. The van der Waals surface area contributed by atoms with Gasteiger partial charge in [0.1, 0.15) is 10.6 Å². The van der Waals surface area contributed by atoms with Crippen LogP contribution < -0.4 is 46.8 Å². The van der Waals surface area contributed by atoms with E-state index in [1.165, 1.54) is 214 Å². The van der Waals surface area contributed by atoms with E-state index in [0.29, 0.717) is 11.6 Å². The van der Waals surface area contributed by atoms with Gasteiger partial charge < -0.3 is 0 Å². The van der Waals surface area contributed by atoms with Gasteiger partial charge in [-0.3, -0.25) is 0 Å². The third-order valence-electron chi connectivity index (χ3n) is 21.4. The normalized spacial score (nSPS) is 15.5. The average molecular weight is 1250 g/mol. The molecule has 6 rings (SSSR count). The molecule has 1 aliphatic carbocycles. The third-order valence-corrected chi connectivity index (χ3v) is 51.6. The summed E-state index contributed by atoms with van der Waals surface area (Å²) in [7, 11) is -10.9. The Labute approximate surface area is 532 Å². The van der Waals surface area contributed by atoms with Crippen LogP contribution in [0.5, 0.6) is 0 Å². The smallest absolute Gasteiger partial charge is 0.153 e. The van der Waals surface area contributed by atoms with Crippen LogP contribution in [-0.2, 0) is 0 Å². The molecule has 0 spiro atoms. The minimum Gasteiger partial charge on any atom is -0.154 e. The van der Waals surface area contributed by atoms with Crippen LogP contribution in [0.4, 0.5) is 0 Å². The number of hydrogen-bond donors (Lipinski definition) is 1. The van der Waals surface area contributed by atoms with Crippen molar-refractivity contribution in [1.29, 1.82) is 0 Å². The number of rotatable bonds is 42. The molecule has 5 aromatic carbocycles. The van der Waals surface area contributed by atoms with E-state index in [1.54, 1.807) is 47.5 Å². The van der Waals surface area contributed by atoms with Crippen molar-refractivity contribution in [2.24, 2.45) is 0 Å². The SMILES string of the molecule is CCCC[Si](CCCC)(CCCC)c1cccc(P(N[P+](c2cccc([Si](CCC)(CCC)CCC)c2)(c2cccc([Si](CCC)(CCC)CCC)c2)C2CCC(c3ccccc3)CC2)c2cccc([Si](CCCC)(CCCC)CCCC)c2)c1. The molecule has 0 aromatic heterocycles. The lowest BCUT2D eigenvalue weighted by Crippen LogP contribution is -2.52. The zero-order chi connectivity index (χ0) is 61.0. The van der Waals surface area contributed by atoms with Crippen molar-refractivity contribution >= 4 is 89.7 Å². The fourth-order valence-electron chi connectivity index (χ4n) is 17.0. The molecule has 0 unspecified atom stereocenters. The monoisotopic (exact) mass is 1250 g/mol. The summed E-state index contributed by atoms with van der Waals surface area (Å²) in [4.78, 5) is 5.36. The number of benzene rings is 5. The van der Waals surface area contributed by atoms with Crippen LogP contribution in [0.2, 0.25) is 72.5 Å². The molecule has 5 aromatic rings.